The van der Waals surface area contributed by atoms with E-state index in [1.807, 2.05) is 0 Å². The molecule has 0 spiro atoms. The van der Waals surface area contributed by atoms with Gasteiger partial charge in [-0.2, -0.15) is 12.6 Å². The molecule has 2 atom stereocenters. The van der Waals surface area contributed by atoms with Crippen LogP contribution in [0.2, 0.25) is 0 Å². The van der Waals surface area contributed by atoms with E-state index in [0.717, 1.165) is 0 Å². The van der Waals surface area contributed by atoms with Crippen molar-refractivity contribution >= 4 is 24.4 Å². The topological polar surface area (TPSA) is 90.7 Å². The molecular weight excluding hydrogens is 221 g/mol. The molecule has 1 unspecified atom stereocenters. The van der Waals surface area contributed by atoms with Crippen LogP contribution in [0.15, 0.2) is 4.99 Å². The number of esters is 1. The highest BCUT2D eigenvalue weighted by Gasteiger charge is 2.13. The third kappa shape index (κ3) is 7.15. The Morgan fingerprint density at radius 3 is 2.93 bits per heavy atom. The van der Waals surface area contributed by atoms with Crippen molar-refractivity contribution in [2.75, 3.05) is 25.6 Å². The Morgan fingerprint density at radius 2 is 2.40 bits per heavy atom. The minimum absolute atomic E-state index is 0.199. The van der Waals surface area contributed by atoms with E-state index in [-0.39, 0.29) is 12.4 Å². The van der Waals surface area contributed by atoms with E-state index in [0.29, 0.717) is 12.2 Å². The predicted molar refractivity (Wildman–Crippen MR) is 59.9 cm³/mol. The first-order chi connectivity index (χ1) is 7.51. The molecule has 0 aromatic heterocycles. The summed E-state index contributed by atoms with van der Waals surface area (Å²) in [6, 6.07) is -0.798. The van der Waals surface area contributed by atoms with E-state index >= 15 is 0 Å². The number of ether oxygens (including phenoxy) is 1. The maximum atomic E-state index is 11.9. The van der Waals surface area contributed by atoms with Crippen molar-refractivity contribution in [1.29, 1.82) is 0 Å². The number of nitrogens with two attached hydrogens (primary N) is 2. The Balaban J connectivity index is 3.95. The molecule has 0 heterocycles. The standard InChI is InChI=1S/C8H16FN3O2S/c9-5-7(11)12-2-3-14-8(13)6(10)1-4-15/h6,15H,1-5,10H2,(H2,11,12)/t6-/m0/s1/i3D/t3?,6-. The lowest BCUT2D eigenvalue weighted by molar-refractivity contribution is -0.144. The first kappa shape index (κ1) is 12.3. The third-order valence-electron chi connectivity index (χ3n) is 1.45. The zero-order valence-electron chi connectivity index (χ0n) is 9.23. The van der Waals surface area contributed by atoms with Crippen molar-refractivity contribution in [2.45, 2.75) is 12.5 Å². The summed E-state index contributed by atoms with van der Waals surface area (Å²) in [7, 11) is 0. The summed E-state index contributed by atoms with van der Waals surface area (Å²) in [5, 5.41) is 0. The quantitative estimate of drug-likeness (QED) is 0.241. The van der Waals surface area contributed by atoms with Gasteiger partial charge >= 0.3 is 5.97 Å². The van der Waals surface area contributed by atoms with Gasteiger partial charge in [-0.25, -0.2) is 4.39 Å². The summed E-state index contributed by atoms with van der Waals surface area (Å²) >= 11 is 3.91. The van der Waals surface area contributed by atoms with Crippen LogP contribution >= 0.6 is 12.6 Å². The van der Waals surface area contributed by atoms with Gasteiger partial charge in [0.1, 0.15) is 25.1 Å². The molecule has 4 N–H and O–H groups in total. The molecule has 7 heteroatoms. The van der Waals surface area contributed by atoms with Crippen LogP contribution in [-0.4, -0.2) is 43.4 Å². The van der Waals surface area contributed by atoms with Crippen molar-refractivity contribution in [1.82, 2.24) is 0 Å². The zero-order chi connectivity index (χ0) is 12.6. The number of nitrogens with zero attached hydrogens (tertiary/aromatic N) is 1. The lowest BCUT2D eigenvalue weighted by atomic mass is 10.2. The molecule has 0 saturated carbocycles. The molecular formula is C8H16FN3O2S. The molecule has 0 fully saturated rings. The van der Waals surface area contributed by atoms with E-state index in [4.69, 9.17) is 12.8 Å². The Kier molecular flexibility index (Phi) is 6.93. The van der Waals surface area contributed by atoms with Crippen LogP contribution < -0.4 is 11.5 Å². The van der Waals surface area contributed by atoms with Gasteiger partial charge in [0, 0.05) is 0 Å². The highest BCUT2D eigenvalue weighted by Crippen LogP contribution is 1.94. The molecule has 88 valence electrons. The first-order valence-electron chi connectivity index (χ1n) is 4.93. The molecule has 0 radical (unpaired) electrons. The van der Waals surface area contributed by atoms with Crippen molar-refractivity contribution in [3.8, 4) is 0 Å². The van der Waals surface area contributed by atoms with Crippen LogP contribution in [0.3, 0.4) is 0 Å². The van der Waals surface area contributed by atoms with E-state index < -0.39 is 25.3 Å². The first-order valence-corrected chi connectivity index (χ1v) is 4.98. The SMILES string of the molecule is [2H]C(CN=C(N)CF)OC(=O)[C@@H](N)CCS. The molecule has 0 aliphatic rings. The Bertz CT molecular complexity index is 255. The molecule has 0 aromatic carbocycles. The van der Waals surface area contributed by atoms with E-state index in [1.54, 1.807) is 0 Å². The van der Waals surface area contributed by atoms with Crippen LogP contribution in [0, 0.1) is 0 Å². The van der Waals surface area contributed by atoms with Gasteiger partial charge < -0.3 is 16.2 Å². The second kappa shape index (κ2) is 8.49. The lowest BCUT2D eigenvalue weighted by Gasteiger charge is -2.08. The second-order valence-corrected chi connectivity index (χ2v) is 3.14. The van der Waals surface area contributed by atoms with Crippen molar-refractivity contribution in [2.24, 2.45) is 16.5 Å². The van der Waals surface area contributed by atoms with E-state index in [1.165, 1.54) is 0 Å². The number of hydrogen-bond donors (Lipinski definition) is 3. The van der Waals surface area contributed by atoms with Gasteiger partial charge in [0.05, 0.1) is 7.92 Å². The fourth-order valence-electron chi connectivity index (χ4n) is 0.661. The summed E-state index contributed by atoms with van der Waals surface area (Å²) in [4.78, 5) is 14.7. The molecule has 5 nitrogen and oxygen atoms in total. The maximum Gasteiger partial charge on any atom is 0.323 e. The zero-order valence-corrected chi connectivity index (χ0v) is 9.12. The highest BCUT2D eigenvalue weighted by atomic mass is 32.1. The minimum atomic E-state index is -1.22. The number of carbonyl (C=O) groups excluding carboxylic acids is 1. The number of halogens is 1. The number of alkyl halides is 1. The molecule has 0 rings (SSSR count). The molecule has 0 aliphatic carbocycles. The second-order valence-electron chi connectivity index (χ2n) is 2.69. The van der Waals surface area contributed by atoms with Gasteiger partial charge in [-0.3, -0.25) is 9.79 Å². The Labute approximate surface area is 94.9 Å². The van der Waals surface area contributed by atoms with Gasteiger partial charge in [0.15, 0.2) is 0 Å². The molecule has 0 amide bonds. The number of carbonyl (C=O) groups is 1. The summed E-state index contributed by atoms with van der Waals surface area (Å²) in [5.74, 6) is -0.470. The number of aliphatic imine (C=N–C) groups is 1. The molecule has 0 bridgehead atoms. The largest absolute Gasteiger partial charge is 0.463 e. The molecule has 0 saturated heterocycles. The Hall–Kier alpha value is -0.820. The van der Waals surface area contributed by atoms with Crippen LogP contribution in [0.4, 0.5) is 4.39 Å². The Morgan fingerprint density at radius 1 is 1.73 bits per heavy atom. The highest BCUT2D eigenvalue weighted by molar-refractivity contribution is 7.80. The molecule has 0 aliphatic heterocycles. The number of thiol groups is 1. The summed E-state index contributed by atoms with van der Waals surface area (Å²) in [6.07, 6.45) is 0.366. The smallest absolute Gasteiger partial charge is 0.323 e. The third-order valence-corrected chi connectivity index (χ3v) is 1.71. The average molecular weight is 238 g/mol. The van der Waals surface area contributed by atoms with Gasteiger partial charge in [-0.1, -0.05) is 0 Å². The summed E-state index contributed by atoms with van der Waals surface area (Å²) < 4.78 is 23.8. The predicted octanol–water partition coefficient (Wildman–Crippen LogP) is -0.496. The number of rotatable bonds is 7. The average Bonchev–Trinajstić information content (AvgIpc) is 2.26. The van der Waals surface area contributed by atoms with Gasteiger partial charge in [-0.15, -0.1) is 0 Å². The molecule has 0 aromatic rings. The van der Waals surface area contributed by atoms with Gasteiger partial charge in [0.2, 0.25) is 0 Å². The van der Waals surface area contributed by atoms with Crippen LogP contribution in [-0.2, 0) is 9.53 Å². The fraction of sp³-hybridized carbons (Fsp3) is 0.750. The van der Waals surface area contributed by atoms with Crippen LogP contribution in [0.1, 0.15) is 7.79 Å². The fourth-order valence-corrected chi connectivity index (χ4v) is 0.939. The molecule has 15 heavy (non-hydrogen) atoms. The van der Waals surface area contributed by atoms with Gasteiger partial charge in [0.25, 0.3) is 0 Å². The summed E-state index contributed by atoms with van der Waals surface area (Å²) in [5.41, 5.74) is 10.5. The van der Waals surface area contributed by atoms with Crippen molar-refractivity contribution < 1.29 is 15.3 Å². The van der Waals surface area contributed by atoms with Gasteiger partial charge in [-0.05, 0) is 12.2 Å². The minimum Gasteiger partial charge on any atom is -0.463 e. The normalized spacial score (nSPS) is 16.7. The monoisotopic (exact) mass is 238 g/mol. The van der Waals surface area contributed by atoms with Crippen LogP contribution in [0.25, 0.3) is 0 Å². The number of amidine groups is 1. The van der Waals surface area contributed by atoms with Crippen molar-refractivity contribution in [3.05, 3.63) is 0 Å². The number of hydrogen-bond acceptors (Lipinski definition) is 5. The van der Waals surface area contributed by atoms with Crippen molar-refractivity contribution in [3.63, 3.8) is 0 Å². The van der Waals surface area contributed by atoms with E-state index in [2.05, 4.69) is 22.4 Å². The lowest BCUT2D eigenvalue weighted by Crippen LogP contribution is -2.33. The summed E-state index contributed by atoms with van der Waals surface area (Å²) in [6.45, 7) is -2.31. The van der Waals surface area contributed by atoms with E-state index in [9.17, 15) is 9.18 Å². The maximum absolute atomic E-state index is 11.9. The van der Waals surface area contributed by atoms with Crippen LogP contribution in [0.5, 0.6) is 0 Å².